The average molecular weight is 516 g/mol. The summed E-state index contributed by atoms with van der Waals surface area (Å²) in [6.45, 7) is 3.03. The van der Waals surface area contributed by atoms with Crippen LogP contribution >= 0.6 is 0 Å². The first-order chi connectivity index (χ1) is 18.6. The van der Waals surface area contributed by atoms with Crippen molar-refractivity contribution in [1.82, 2.24) is 20.0 Å². The van der Waals surface area contributed by atoms with Crippen LogP contribution in [0.1, 0.15) is 18.4 Å². The molecule has 0 bridgehead atoms. The van der Waals surface area contributed by atoms with E-state index in [4.69, 9.17) is 9.47 Å². The van der Waals surface area contributed by atoms with Crippen LogP contribution < -0.4 is 14.4 Å². The van der Waals surface area contributed by atoms with Crippen LogP contribution in [0.4, 0.5) is 5.82 Å². The molecule has 5 rings (SSSR count). The Kier molecular flexibility index (Phi) is 7.72. The number of benzene rings is 2. The molecule has 38 heavy (non-hydrogen) atoms. The van der Waals surface area contributed by atoms with E-state index in [0.717, 1.165) is 29.8 Å². The van der Waals surface area contributed by atoms with Gasteiger partial charge in [-0.15, -0.1) is 10.2 Å². The van der Waals surface area contributed by atoms with Crippen molar-refractivity contribution < 1.29 is 19.1 Å². The van der Waals surface area contributed by atoms with Gasteiger partial charge < -0.3 is 24.2 Å². The maximum Gasteiger partial charge on any atom is 0.242 e. The van der Waals surface area contributed by atoms with Gasteiger partial charge in [0.15, 0.2) is 5.82 Å². The first-order valence-electron chi connectivity index (χ1n) is 13.0. The molecule has 9 heteroatoms. The van der Waals surface area contributed by atoms with E-state index in [1.807, 2.05) is 65.6 Å². The van der Waals surface area contributed by atoms with Gasteiger partial charge in [-0.25, -0.2) is 0 Å². The van der Waals surface area contributed by atoms with Crippen molar-refractivity contribution in [3.05, 3.63) is 66.2 Å². The molecule has 0 spiro atoms. The molecule has 198 valence electrons. The predicted octanol–water partition coefficient (Wildman–Crippen LogP) is 3.25. The van der Waals surface area contributed by atoms with Crippen molar-refractivity contribution in [2.75, 3.05) is 51.8 Å². The highest BCUT2D eigenvalue weighted by molar-refractivity contribution is 5.87. The molecule has 2 amide bonds. The van der Waals surface area contributed by atoms with Crippen molar-refractivity contribution in [1.29, 1.82) is 0 Å². The van der Waals surface area contributed by atoms with Gasteiger partial charge in [-0.1, -0.05) is 30.3 Å². The fraction of sp³-hybridized carbons (Fsp3) is 0.379. The van der Waals surface area contributed by atoms with Crippen molar-refractivity contribution >= 4 is 17.6 Å². The zero-order chi connectivity index (χ0) is 26.5. The lowest BCUT2D eigenvalue weighted by Gasteiger charge is -2.36. The smallest absolute Gasteiger partial charge is 0.242 e. The highest BCUT2D eigenvalue weighted by Gasteiger charge is 2.35. The fourth-order valence-corrected chi connectivity index (χ4v) is 4.70. The van der Waals surface area contributed by atoms with Crippen LogP contribution in [0.2, 0.25) is 0 Å². The second kappa shape index (κ2) is 11.5. The van der Waals surface area contributed by atoms with Crippen LogP contribution in [0.3, 0.4) is 0 Å². The van der Waals surface area contributed by atoms with Crippen LogP contribution in [0, 0.1) is 5.92 Å². The Morgan fingerprint density at radius 1 is 0.921 bits per heavy atom. The first-order valence-corrected chi connectivity index (χ1v) is 13.0. The largest absolute Gasteiger partial charge is 0.497 e. The van der Waals surface area contributed by atoms with Crippen molar-refractivity contribution in [3.63, 3.8) is 0 Å². The Morgan fingerprint density at radius 2 is 1.68 bits per heavy atom. The maximum atomic E-state index is 13.2. The normalized spacial score (nSPS) is 15.2. The number of ether oxygens (including phenoxy) is 2. The molecule has 1 saturated heterocycles. The molecular formula is C29H33N5O4. The monoisotopic (exact) mass is 515 g/mol. The van der Waals surface area contributed by atoms with E-state index in [2.05, 4.69) is 15.1 Å². The zero-order valence-electron chi connectivity index (χ0n) is 21.9. The van der Waals surface area contributed by atoms with Gasteiger partial charge >= 0.3 is 0 Å². The van der Waals surface area contributed by atoms with Gasteiger partial charge in [-0.05, 0) is 42.7 Å². The highest BCUT2D eigenvalue weighted by atomic mass is 16.5. The second-order valence-electron chi connectivity index (χ2n) is 9.66. The zero-order valence-corrected chi connectivity index (χ0v) is 21.9. The number of aromatic nitrogens is 2. The number of hydrogen-bond acceptors (Lipinski definition) is 7. The number of nitrogens with zero attached hydrogens (tertiary/aromatic N) is 5. The van der Waals surface area contributed by atoms with Crippen LogP contribution in [-0.2, 0) is 16.1 Å². The third kappa shape index (κ3) is 5.88. The van der Waals surface area contributed by atoms with E-state index in [-0.39, 0.29) is 24.3 Å². The van der Waals surface area contributed by atoms with Gasteiger partial charge in [0.05, 0.1) is 19.9 Å². The van der Waals surface area contributed by atoms with Gasteiger partial charge in [0, 0.05) is 50.3 Å². The number of amides is 2. The molecule has 3 aromatic rings. The van der Waals surface area contributed by atoms with E-state index >= 15 is 0 Å². The standard InChI is InChI=1S/C29H33N5O4/c1-37-23-10-11-24(26(18-23)38-2)25-12-13-27(31-30-25)32-14-16-33(17-15-32)28(35)20-34(29(36)22-8-9-22)19-21-6-4-3-5-7-21/h3-7,10-13,18,22H,8-9,14-17,19-20H2,1-2H3. The highest BCUT2D eigenvalue weighted by Crippen LogP contribution is 2.33. The molecule has 2 heterocycles. The third-order valence-corrected chi connectivity index (χ3v) is 7.07. The molecule has 2 fully saturated rings. The summed E-state index contributed by atoms with van der Waals surface area (Å²) in [5, 5.41) is 8.87. The quantitative estimate of drug-likeness (QED) is 0.432. The molecule has 1 aromatic heterocycles. The summed E-state index contributed by atoms with van der Waals surface area (Å²) in [5.74, 6) is 2.29. The molecule has 1 saturated carbocycles. The minimum absolute atomic E-state index is 0.0115. The summed E-state index contributed by atoms with van der Waals surface area (Å²) in [6.07, 6.45) is 1.84. The first kappa shape index (κ1) is 25.5. The molecule has 2 aliphatic rings. The number of carbonyl (C=O) groups is 2. The minimum Gasteiger partial charge on any atom is -0.497 e. The Balaban J connectivity index is 1.18. The van der Waals surface area contributed by atoms with Crippen molar-refractivity contribution in [2.24, 2.45) is 5.92 Å². The topological polar surface area (TPSA) is 88.1 Å². The minimum atomic E-state index is -0.0115. The lowest BCUT2D eigenvalue weighted by molar-refractivity contribution is -0.142. The van der Waals surface area contributed by atoms with E-state index in [1.54, 1.807) is 19.1 Å². The Bertz CT molecular complexity index is 1260. The Morgan fingerprint density at radius 3 is 2.32 bits per heavy atom. The molecule has 2 aromatic carbocycles. The fourth-order valence-electron chi connectivity index (χ4n) is 4.70. The molecule has 0 atom stereocenters. The maximum absolute atomic E-state index is 13.2. The summed E-state index contributed by atoms with van der Waals surface area (Å²) in [4.78, 5) is 31.7. The third-order valence-electron chi connectivity index (χ3n) is 7.07. The van der Waals surface area contributed by atoms with Gasteiger partial charge in [0.2, 0.25) is 11.8 Å². The van der Waals surface area contributed by atoms with Crippen LogP contribution in [0.5, 0.6) is 11.5 Å². The number of piperazine rings is 1. The summed E-state index contributed by atoms with van der Waals surface area (Å²) in [6, 6.07) is 19.3. The molecular weight excluding hydrogens is 482 g/mol. The second-order valence-corrected chi connectivity index (χ2v) is 9.66. The molecule has 1 aliphatic carbocycles. The van der Waals surface area contributed by atoms with E-state index < -0.39 is 0 Å². The lowest BCUT2D eigenvalue weighted by atomic mass is 10.1. The number of methoxy groups -OCH3 is 2. The molecule has 0 radical (unpaired) electrons. The molecule has 1 aliphatic heterocycles. The number of hydrogen-bond donors (Lipinski definition) is 0. The molecule has 0 N–H and O–H groups in total. The van der Waals surface area contributed by atoms with Crippen LogP contribution in [0.15, 0.2) is 60.7 Å². The van der Waals surface area contributed by atoms with Crippen molar-refractivity contribution in [3.8, 4) is 22.8 Å². The summed E-state index contributed by atoms with van der Waals surface area (Å²) in [5.41, 5.74) is 2.58. The summed E-state index contributed by atoms with van der Waals surface area (Å²) in [7, 11) is 3.23. The number of anilines is 1. The van der Waals surface area contributed by atoms with Gasteiger partial charge in [0.25, 0.3) is 0 Å². The average Bonchev–Trinajstić information content (AvgIpc) is 3.82. The van der Waals surface area contributed by atoms with Crippen LogP contribution in [0.25, 0.3) is 11.3 Å². The SMILES string of the molecule is COc1ccc(-c2ccc(N3CCN(C(=O)CN(Cc4ccccc4)C(=O)C4CC4)CC3)nn2)c(OC)c1. The summed E-state index contributed by atoms with van der Waals surface area (Å²) < 4.78 is 10.8. The Hall–Kier alpha value is -4.14. The lowest BCUT2D eigenvalue weighted by Crippen LogP contribution is -2.52. The van der Waals surface area contributed by atoms with E-state index in [1.165, 1.54) is 0 Å². The Labute approximate surface area is 223 Å². The van der Waals surface area contributed by atoms with Gasteiger partial charge in [-0.3, -0.25) is 9.59 Å². The molecule has 9 nitrogen and oxygen atoms in total. The number of carbonyl (C=O) groups excluding carboxylic acids is 2. The van der Waals surface area contributed by atoms with Gasteiger partial charge in [-0.2, -0.15) is 0 Å². The van der Waals surface area contributed by atoms with Crippen LogP contribution in [-0.4, -0.2) is 78.8 Å². The predicted molar refractivity (Wildman–Crippen MR) is 144 cm³/mol. The van der Waals surface area contributed by atoms with E-state index in [0.29, 0.717) is 49.9 Å². The van der Waals surface area contributed by atoms with Crippen molar-refractivity contribution in [2.45, 2.75) is 19.4 Å². The van der Waals surface area contributed by atoms with E-state index in [9.17, 15) is 9.59 Å². The summed E-state index contributed by atoms with van der Waals surface area (Å²) >= 11 is 0. The number of rotatable bonds is 9. The van der Waals surface area contributed by atoms with Gasteiger partial charge in [0.1, 0.15) is 18.0 Å². The molecule has 0 unspecified atom stereocenters.